The van der Waals surface area contributed by atoms with Crippen LogP contribution < -0.4 is 0 Å². The number of halogens is 1. The standard InChI is InChI=1S/C28H27ClN4O/c1-21-26(27(23-10-4-2-5-11-23)30-33(21)25-13-6-3-7-14-25)28(34)32-17-15-31(16-18-32)20-22-9-8-12-24(29)19-22/h2-14,19H,15-18,20H2,1H3. The number of hydrogen-bond acceptors (Lipinski definition) is 3. The van der Waals surface area contributed by atoms with Crippen molar-refractivity contribution in [2.24, 2.45) is 0 Å². The maximum absolute atomic E-state index is 13.8. The molecule has 4 aromatic rings. The molecule has 0 N–H and O–H groups in total. The molecule has 0 aliphatic carbocycles. The minimum absolute atomic E-state index is 0.0425. The Morgan fingerprint density at radius 3 is 2.24 bits per heavy atom. The lowest BCUT2D eigenvalue weighted by Crippen LogP contribution is -2.48. The Morgan fingerprint density at radius 1 is 0.882 bits per heavy atom. The Balaban J connectivity index is 1.40. The zero-order valence-corrected chi connectivity index (χ0v) is 19.9. The molecule has 2 heterocycles. The second-order valence-corrected chi connectivity index (χ2v) is 9.06. The second kappa shape index (κ2) is 9.84. The van der Waals surface area contributed by atoms with E-state index in [9.17, 15) is 4.79 Å². The third kappa shape index (κ3) is 4.63. The molecule has 34 heavy (non-hydrogen) atoms. The molecular weight excluding hydrogens is 444 g/mol. The van der Waals surface area contributed by atoms with Crippen molar-refractivity contribution in [1.29, 1.82) is 0 Å². The smallest absolute Gasteiger partial charge is 0.258 e. The first-order chi connectivity index (χ1) is 16.6. The predicted octanol–water partition coefficient (Wildman–Crippen LogP) is 5.46. The van der Waals surface area contributed by atoms with E-state index in [1.807, 2.05) is 95.4 Å². The van der Waals surface area contributed by atoms with Gasteiger partial charge in [-0.15, -0.1) is 0 Å². The number of nitrogens with zero attached hydrogens (tertiary/aromatic N) is 4. The maximum atomic E-state index is 13.8. The minimum Gasteiger partial charge on any atom is -0.336 e. The largest absolute Gasteiger partial charge is 0.336 e. The Hall–Kier alpha value is -3.41. The minimum atomic E-state index is 0.0425. The third-order valence-corrected chi connectivity index (χ3v) is 6.57. The van der Waals surface area contributed by atoms with Crippen molar-refractivity contribution >= 4 is 17.5 Å². The van der Waals surface area contributed by atoms with Crippen LogP contribution in [0.25, 0.3) is 16.9 Å². The lowest BCUT2D eigenvalue weighted by Gasteiger charge is -2.35. The maximum Gasteiger partial charge on any atom is 0.258 e. The van der Waals surface area contributed by atoms with Crippen LogP contribution in [-0.4, -0.2) is 51.7 Å². The average Bonchev–Trinajstić information content (AvgIpc) is 3.22. The Labute approximate surface area is 205 Å². The van der Waals surface area contributed by atoms with Crippen LogP contribution in [0.4, 0.5) is 0 Å². The molecule has 0 unspecified atom stereocenters. The van der Waals surface area contributed by atoms with Gasteiger partial charge in [0.25, 0.3) is 5.91 Å². The van der Waals surface area contributed by atoms with Crippen LogP contribution in [0.2, 0.25) is 5.02 Å². The van der Waals surface area contributed by atoms with Gasteiger partial charge in [0.2, 0.25) is 0 Å². The van der Waals surface area contributed by atoms with Crippen LogP contribution in [0, 0.1) is 6.92 Å². The van der Waals surface area contributed by atoms with Crippen molar-refractivity contribution in [2.75, 3.05) is 26.2 Å². The van der Waals surface area contributed by atoms with Crippen LogP contribution in [0.1, 0.15) is 21.6 Å². The highest BCUT2D eigenvalue weighted by atomic mass is 35.5. The van der Waals surface area contributed by atoms with Gasteiger partial charge in [0.15, 0.2) is 0 Å². The van der Waals surface area contributed by atoms with Crippen LogP contribution in [0.15, 0.2) is 84.9 Å². The first-order valence-electron chi connectivity index (χ1n) is 11.6. The normalized spacial score (nSPS) is 14.4. The van der Waals surface area contributed by atoms with Crippen molar-refractivity contribution in [3.63, 3.8) is 0 Å². The SMILES string of the molecule is Cc1c(C(=O)N2CCN(Cc3cccc(Cl)c3)CC2)c(-c2ccccc2)nn1-c1ccccc1. The summed E-state index contributed by atoms with van der Waals surface area (Å²) in [6, 6.07) is 27.9. The zero-order valence-electron chi connectivity index (χ0n) is 19.2. The molecule has 1 amide bonds. The molecule has 1 aromatic heterocycles. The van der Waals surface area contributed by atoms with Crippen molar-refractivity contribution in [3.8, 4) is 16.9 Å². The fraction of sp³-hybridized carbons (Fsp3) is 0.214. The lowest BCUT2D eigenvalue weighted by atomic mass is 10.0. The Morgan fingerprint density at radius 2 is 1.56 bits per heavy atom. The van der Waals surface area contributed by atoms with E-state index in [1.165, 1.54) is 5.56 Å². The molecule has 1 fully saturated rings. The van der Waals surface area contributed by atoms with Crippen molar-refractivity contribution in [2.45, 2.75) is 13.5 Å². The molecule has 1 aliphatic heterocycles. The molecule has 0 saturated carbocycles. The Bertz CT molecular complexity index is 1280. The number of hydrogen-bond donors (Lipinski definition) is 0. The molecule has 172 valence electrons. The molecule has 0 atom stereocenters. The topological polar surface area (TPSA) is 41.4 Å². The van der Waals surface area contributed by atoms with Gasteiger partial charge >= 0.3 is 0 Å². The molecule has 1 saturated heterocycles. The number of aromatic nitrogens is 2. The van der Waals surface area contributed by atoms with E-state index in [4.69, 9.17) is 16.7 Å². The number of piperazine rings is 1. The molecule has 0 radical (unpaired) electrons. The van der Waals surface area contributed by atoms with Gasteiger partial charge in [-0.05, 0) is 36.8 Å². The molecule has 0 bridgehead atoms. The van der Waals surface area contributed by atoms with Gasteiger partial charge in [-0.1, -0.05) is 72.3 Å². The number of amides is 1. The van der Waals surface area contributed by atoms with Crippen molar-refractivity contribution in [1.82, 2.24) is 19.6 Å². The molecule has 3 aromatic carbocycles. The molecule has 5 nitrogen and oxygen atoms in total. The van der Waals surface area contributed by atoms with Gasteiger partial charge in [-0.25, -0.2) is 4.68 Å². The van der Waals surface area contributed by atoms with E-state index in [0.29, 0.717) is 18.7 Å². The number of carbonyl (C=O) groups is 1. The number of rotatable bonds is 5. The van der Waals surface area contributed by atoms with E-state index in [-0.39, 0.29) is 5.91 Å². The highest BCUT2D eigenvalue weighted by molar-refractivity contribution is 6.30. The molecule has 1 aliphatic rings. The van der Waals surface area contributed by atoms with Gasteiger partial charge in [-0.3, -0.25) is 9.69 Å². The van der Waals surface area contributed by atoms with Crippen LogP contribution in [-0.2, 0) is 6.54 Å². The van der Waals surface area contributed by atoms with Crippen molar-refractivity contribution in [3.05, 3.63) is 107 Å². The summed E-state index contributed by atoms with van der Waals surface area (Å²) in [5.74, 6) is 0.0425. The predicted molar refractivity (Wildman–Crippen MR) is 136 cm³/mol. The number of para-hydroxylation sites is 1. The number of benzene rings is 3. The molecule has 5 rings (SSSR count). The van der Waals surface area contributed by atoms with Gasteiger partial charge in [0.1, 0.15) is 5.69 Å². The van der Waals surface area contributed by atoms with E-state index in [1.54, 1.807) is 0 Å². The van der Waals surface area contributed by atoms with Gasteiger partial charge in [-0.2, -0.15) is 5.10 Å². The summed E-state index contributed by atoms with van der Waals surface area (Å²) < 4.78 is 1.88. The summed E-state index contributed by atoms with van der Waals surface area (Å²) in [5.41, 5.74) is 5.35. The first-order valence-corrected chi connectivity index (χ1v) is 11.9. The van der Waals surface area contributed by atoms with Gasteiger partial charge in [0.05, 0.1) is 16.9 Å². The summed E-state index contributed by atoms with van der Waals surface area (Å²) in [5, 5.41) is 5.65. The second-order valence-electron chi connectivity index (χ2n) is 8.62. The third-order valence-electron chi connectivity index (χ3n) is 6.33. The summed E-state index contributed by atoms with van der Waals surface area (Å²) in [7, 11) is 0. The van der Waals surface area contributed by atoms with E-state index >= 15 is 0 Å². The molecule has 0 spiro atoms. The van der Waals surface area contributed by atoms with E-state index in [0.717, 1.165) is 47.3 Å². The van der Waals surface area contributed by atoms with Crippen molar-refractivity contribution < 1.29 is 4.79 Å². The Kier molecular flexibility index (Phi) is 6.48. The highest BCUT2D eigenvalue weighted by Gasteiger charge is 2.29. The lowest BCUT2D eigenvalue weighted by molar-refractivity contribution is 0.0628. The molecular formula is C28H27ClN4O. The first kappa shape index (κ1) is 22.4. The van der Waals surface area contributed by atoms with E-state index < -0.39 is 0 Å². The summed E-state index contributed by atoms with van der Waals surface area (Å²) in [4.78, 5) is 18.1. The van der Waals surface area contributed by atoms with Crippen LogP contribution in [0.3, 0.4) is 0 Å². The van der Waals surface area contributed by atoms with Gasteiger partial charge in [0, 0.05) is 43.3 Å². The van der Waals surface area contributed by atoms with Gasteiger partial charge < -0.3 is 4.90 Å². The summed E-state index contributed by atoms with van der Waals surface area (Å²) in [6.07, 6.45) is 0. The van der Waals surface area contributed by atoms with E-state index in [2.05, 4.69) is 11.0 Å². The zero-order chi connectivity index (χ0) is 23.5. The summed E-state index contributed by atoms with van der Waals surface area (Å²) >= 11 is 6.14. The highest BCUT2D eigenvalue weighted by Crippen LogP contribution is 2.29. The summed E-state index contributed by atoms with van der Waals surface area (Å²) in [6.45, 7) is 5.83. The van der Waals surface area contributed by atoms with Crippen LogP contribution >= 0.6 is 11.6 Å². The fourth-order valence-corrected chi connectivity index (χ4v) is 4.75. The number of carbonyl (C=O) groups excluding carboxylic acids is 1. The fourth-order valence-electron chi connectivity index (χ4n) is 4.54. The average molecular weight is 471 g/mol. The molecule has 6 heteroatoms. The quantitative estimate of drug-likeness (QED) is 0.389. The van der Waals surface area contributed by atoms with Crippen LogP contribution in [0.5, 0.6) is 0 Å². The monoisotopic (exact) mass is 470 g/mol.